The van der Waals surface area contributed by atoms with Gasteiger partial charge in [-0.15, -0.1) is 0 Å². The number of nitrogens with zero attached hydrogens (tertiary/aromatic N) is 4. The zero-order valence-corrected chi connectivity index (χ0v) is 18.3. The van der Waals surface area contributed by atoms with Crippen LogP contribution in [0.1, 0.15) is 27.3 Å². The molecule has 6 heteroatoms. The number of carbonyl (C=O) groups excluding carboxylic acids is 1. The van der Waals surface area contributed by atoms with Crippen LogP contribution < -0.4 is 0 Å². The molecule has 0 bridgehead atoms. The molecule has 32 heavy (non-hydrogen) atoms. The summed E-state index contributed by atoms with van der Waals surface area (Å²) in [4.78, 5) is 22.4. The van der Waals surface area contributed by atoms with Crippen molar-refractivity contribution in [1.29, 1.82) is 0 Å². The van der Waals surface area contributed by atoms with Crippen LogP contribution in [0.2, 0.25) is 0 Å². The summed E-state index contributed by atoms with van der Waals surface area (Å²) in [7, 11) is 0. The van der Waals surface area contributed by atoms with Crippen molar-refractivity contribution in [3.8, 4) is 11.1 Å². The normalized spacial score (nSPS) is 13.4. The largest absolute Gasteiger partial charge is 0.378 e. The van der Waals surface area contributed by atoms with Crippen molar-refractivity contribution in [2.45, 2.75) is 20.4 Å². The van der Waals surface area contributed by atoms with Crippen LogP contribution in [-0.4, -0.2) is 41.7 Å². The summed E-state index contributed by atoms with van der Waals surface area (Å²) >= 11 is 0. The molecule has 1 saturated heterocycles. The molecule has 0 spiro atoms. The average Bonchev–Trinajstić information content (AvgIpc) is 3.08. The van der Waals surface area contributed by atoms with Gasteiger partial charge in [-0.1, -0.05) is 48.5 Å². The lowest BCUT2D eigenvalue weighted by atomic mass is 10.0. The number of amides is 1. The number of aromatic nitrogens is 1. The first kappa shape index (κ1) is 21.4. The molecule has 2 aromatic carbocycles. The molecule has 0 saturated carbocycles. The Kier molecular flexibility index (Phi) is 6.07. The smallest absolute Gasteiger partial charge is 0.270 e. The number of hydrogen-bond donors (Lipinski definition) is 0. The Balaban J connectivity index is 1.82. The molecular formula is C26H24N4O2. The molecular weight excluding hydrogens is 400 g/mol. The van der Waals surface area contributed by atoms with Gasteiger partial charge in [0.05, 0.1) is 26.4 Å². The van der Waals surface area contributed by atoms with Crippen LogP contribution in [0.25, 0.3) is 20.8 Å². The average molecular weight is 425 g/mol. The second-order valence-corrected chi connectivity index (χ2v) is 7.86. The highest BCUT2D eigenvalue weighted by Gasteiger charge is 2.28. The van der Waals surface area contributed by atoms with Gasteiger partial charge in [0.15, 0.2) is 11.4 Å². The number of hydrogen-bond acceptors (Lipinski definition) is 2. The van der Waals surface area contributed by atoms with Crippen LogP contribution in [0, 0.1) is 27.0 Å². The van der Waals surface area contributed by atoms with Crippen molar-refractivity contribution in [2.75, 3.05) is 26.3 Å². The monoisotopic (exact) mass is 424 g/mol. The number of rotatable bonds is 4. The zero-order chi connectivity index (χ0) is 22.7. The maximum Gasteiger partial charge on any atom is 0.270 e. The molecule has 2 heterocycles. The standard InChI is InChI=1S/C26H24N4O2/c1-18-24(21-7-11-23(28-4)12-8-21)19(2)30(17-20-5-9-22(27-3)10-6-20)25(18)26(31)29-13-15-32-16-14-29/h5-12H,13-17H2,1-2H3. The van der Waals surface area contributed by atoms with E-state index >= 15 is 0 Å². The maximum absolute atomic E-state index is 13.6. The minimum Gasteiger partial charge on any atom is -0.378 e. The number of benzene rings is 2. The molecule has 160 valence electrons. The van der Waals surface area contributed by atoms with Gasteiger partial charge in [0.1, 0.15) is 5.69 Å². The van der Waals surface area contributed by atoms with Gasteiger partial charge in [0.2, 0.25) is 0 Å². The highest BCUT2D eigenvalue weighted by atomic mass is 16.5. The van der Waals surface area contributed by atoms with Gasteiger partial charge in [0, 0.05) is 30.9 Å². The molecule has 1 fully saturated rings. The third-order valence-electron chi connectivity index (χ3n) is 5.96. The van der Waals surface area contributed by atoms with E-state index < -0.39 is 0 Å². The third kappa shape index (κ3) is 4.01. The first-order chi connectivity index (χ1) is 15.5. The van der Waals surface area contributed by atoms with Crippen LogP contribution in [0.5, 0.6) is 0 Å². The molecule has 1 amide bonds. The maximum atomic E-state index is 13.6. The molecule has 1 aliphatic rings. The molecule has 1 aliphatic heterocycles. The van der Waals surface area contributed by atoms with Crippen molar-refractivity contribution < 1.29 is 9.53 Å². The van der Waals surface area contributed by atoms with Crippen molar-refractivity contribution in [2.24, 2.45) is 0 Å². The zero-order valence-electron chi connectivity index (χ0n) is 18.3. The molecule has 4 rings (SSSR count). The van der Waals surface area contributed by atoms with E-state index in [1.807, 2.05) is 67.3 Å². The highest BCUT2D eigenvalue weighted by Crippen LogP contribution is 2.34. The fourth-order valence-corrected chi connectivity index (χ4v) is 4.27. The molecule has 0 atom stereocenters. The minimum absolute atomic E-state index is 0.00991. The molecule has 0 aliphatic carbocycles. The van der Waals surface area contributed by atoms with E-state index in [0.717, 1.165) is 27.9 Å². The molecule has 0 radical (unpaired) electrons. The van der Waals surface area contributed by atoms with Gasteiger partial charge in [-0.25, -0.2) is 9.69 Å². The minimum atomic E-state index is 0.00991. The topological polar surface area (TPSA) is 43.2 Å². The van der Waals surface area contributed by atoms with Gasteiger partial charge >= 0.3 is 0 Å². The molecule has 0 unspecified atom stereocenters. The van der Waals surface area contributed by atoms with E-state index in [-0.39, 0.29) is 5.91 Å². The Bertz CT molecular complexity index is 1220. The van der Waals surface area contributed by atoms with Gasteiger partial charge in [-0.3, -0.25) is 4.79 Å². The summed E-state index contributed by atoms with van der Waals surface area (Å²) in [6.07, 6.45) is 0. The summed E-state index contributed by atoms with van der Waals surface area (Å²) in [5.74, 6) is 0.00991. The third-order valence-corrected chi connectivity index (χ3v) is 5.96. The van der Waals surface area contributed by atoms with Crippen molar-refractivity contribution in [3.05, 3.63) is 93.9 Å². The van der Waals surface area contributed by atoms with E-state index in [9.17, 15) is 4.79 Å². The Labute approximate surface area is 188 Å². The van der Waals surface area contributed by atoms with E-state index in [1.165, 1.54) is 0 Å². The van der Waals surface area contributed by atoms with Crippen molar-refractivity contribution in [1.82, 2.24) is 9.47 Å². The highest BCUT2D eigenvalue weighted by molar-refractivity contribution is 5.97. The van der Waals surface area contributed by atoms with Crippen LogP contribution in [0.4, 0.5) is 11.4 Å². The van der Waals surface area contributed by atoms with Crippen molar-refractivity contribution >= 4 is 17.3 Å². The lowest BCUT2D eigenvalue weighted by Crippen LogP contribution is -2.41. The van der Waals surface area contributed by atoms with E-state index in [2.05, 4.69) is 14.3 Å². The number of ether oxygens (including phenoxy) is 1. The number of morpholine rings is 1. The molecule has 1 aromatic heterocycles. The van der Waals surface area contributed by atoms with Crippen LogP contribution in [0.15, 0.2) is 48.5 Å². The first-order valence-electron chi connectivity index (χ1n) is 10.5. The summed E-state index contributed by atoms with van der Waals surface area (Å²) < 4.78 is 7.52. The second kappa shape index (κ2) is 9.09. The predicted octanol–water partition coefficient (Wildman–Crippen LogP) is 5.39. The van der Waals surface area contributed by atoms with E-state index in [1.54, 1.807) is 0 Å². The SMILES string of the molecule is [C-]#[N+]c1ccc(Cn2c(C)c(-c3ccc([N+]#[C-])cc3)c(C)c2C(=O)N2CCOCC2)cc1. The Hall–Kier alpha value is -3.87. The first-order valence-corrected chi connectivity index (χ1v) is 10.5. The summed E-state index contributed by atoms with van der Waals surface area (Å²) in [6.45, 7) is 21.2. The van der Waals surface area contributed by atoms with E-state index in [0.29, 0.717) is 49.9 Å². The van der Waals surface area contributed by atoms with Crippen molar-refractivity contribution in [3.63, 3.8) is 0 Å². The molecule has 6 nitrogen and oxygen atoms in total. The lowest BCUT2D eigenvalue weighted by molar-refractivity contribution is 0.0295. The molecule has 3 aromatic rings. The van der Waals surface area contributed by atoms with E-state index in [4.69, 9.17) is 17.9 Å². The summed E-state index contributed by atoms with van der Waals surface area (Å²) in [5.41, 5.74) is 6.86. The summed E-state index contributed by atoms with van der Waals surface area (Å²) in [5, 5.41) is 0. The summed E-state index contributed by atoms with van der Waals surface area (Å²) in [6, 6.07) is 15.0. The number of carbonyl (C=O) groups is 1. The second-order valence-electron chi connectivity index (χ2n) is 7.86. The van der Waals surface area contributed by atoms with Gasteiger partial charge in [0.25, 0.3) is 5.91 Å². The van der Waals surface area contributed by atoms with Gasteiger partial charge in [-0.05, 0) is 30.5 Å². The Morgan fingerprint density at radius 1 is 0.938 bits per heavy atom. The quantitative estimate of drug-likeness (QED) is 0.527. The fourth-order valence-electron chi connectivity index (χ4n) is 4.27. The Morgan fingerprint density at radius 3 is 2.06 bits per heavy atom. The fraction of sp³-hybridized carbons (Fsp3) is 0.269. The van der Waals surface area contributed by atoms with Crippen LogP contribution in [-0.2, 0) is 11.3 Å². The van der Waals surface area contributed by atoms with Crippen LogP contribution >= 0.6 is 0 Å². The van der Waals surface area contributed by atoms with Gasteiger partial charge in [-0.2, -0.15) is 0 Å². The lowest BCUT2D eigenvalue weighted by Gasteiger charge is -2.27. The predicted molar refractivity (Wildman–Crippen MR) is 124 cm³/mol. The Morgan fingerprint density at radius 2 is 1.50 bits per heavy atom. The van der Waals surface area contributed by atoms with Gasteiger partial charge < -0.3 is 14.2 Å². The van der Waals surface area contributed by atoms with Crippen LogP contribution in [0.3, 0.4) is 0 Å². The molecule has 0 N–H and O–H groups in total.